The highest BCUT2D eigenvalue weighted by Gasteiger charge is 2.60. The van der Waals surface area contributed by atoms with Crippen LogP contribution in [0.1, 0.15) is 35.7 Å². The first-order valence-electron chi connectivity index (χ1n) is 17.0. The van der Waals surface area contributed by atoms with Crippen LogP contribution in [-0.4, -0.2) is 76.2 Å². The summed E-state index contributed by atoms with van der Waals surface area (Å²) in [7, 11) is -1.60. The van der Waals surface area contributed by atoms with Crippen molar-refractivity contribution in [3.8, 4) is 23.3 Å². The van der Waals surface area contributed by atoms with E-state index in [0.717, 1.165) is 15.7 Å². The van der Waals surface area contributed by atoms with Gasteiger partial charge < -0.3 is 19.1 Å². The second-order valence-corrected chi connectivity index (χ2v) is 14.3. The predicted molar refractivity (Wildman–Crippen MR) is 196 cm³/mol. The van der Waals surface area contributed by atoms with E-state index >= 15 is 13.2 Å². The lowest BCUT2D eigenvalue weighted by Gasteiger charge is -2.41. The lowest BCUT2D eigenvalue weighted by Crippen LogP contribution is -2.56. The molecule has 0 N–H and O–H groups in total. The van der Waals surface area contributed by atoms with Crippen molar-refractivity contribution in [1.29, 1.82) is 5.26 Å². The highest BCUT2D eigenvalue weighted by Crippen LogP contribution is 2.54. The third-order valence-electron chi connectivity index (χ3n) is 9.75. The normalized spacial score (nSPS) is 17.8. The van der Waals surface area contributed by atoms with Crippen LogP contribution in [0.5, 0.6) is 17.2 Å². The predicted octanol–water partition coefficient (Wildman–Crippen LogP) is 5.42. The fourth-order valence-corrected chi connectivity index (χ4v) is 9.07. The molecule has 2 aromatic heterocycles. The fraction of sp³-hybridized carbons (Fsp3) is 0.282. The monoisotopic (exact) mass is 718 g/mol. The number of pyridine rings is 2. The van der Waals surface area contributed by atoms with Crippen LogP contribution in [0.15, 0.2) is 90.1 Å². The first-order chi connectivity index (χ1) is 25.2. The van der Waals surface area contributed by atoms with E-state index in [0.29, 0.717) is 66.4 Å². The highest BCUT2D eigenvalue weighted by molar-refractivity contribution is 7.93. The number of ether oxygens (including phenoxy) is 3. The van der Waals surface area contributed by atoms with Gasteiger partial charge in [0.1, 0.15) is 22.1 Å². The van der Waals surface area contributed by atoms with E-state index in [4.69, 9.17) is 14.2 Å². The maximum Gasteiger partial charge on any atom is 0.273 e. The minimum Gasteiger partial charge on any atom is -0.497 e. The van der Waals surface area contributed by atoms with Gasteiger partial charge in [-0.15, -0.1) is 0 Å². The van der Waals surface area contributed by atoms with E-state index in [2.05, 4.69) is 20.9 Å². The first kappa shape index (κ1) is 34.7. The molecule has 4 heterocycles. The molecular formula is C39H38N6O6S. The van der Waals surface area contributed by atoms with Gasteiger partial charge in [0.15, 0.2) is 5.54 Å². The van der Waals surface area contributed by atoms with E-state index in [1.807, 2.05) is 30.9 Å². The Balaban J connectivity index is 1.49. The number of fused-ring (bicyclic) bond motifs is 2. The van der Waals surface area contributed by atoms with Crippen LogP contribution < -0.4 is 23.4 Å². The summed E-state index contributed by atoms with van der Waals surface area (Å²) in [5.41, 5.74) is 1.50. The Morgan fingerprint density at radius 3 is 2.46 bits per heavy atom. The van der Waals surface area contributed by atoms with Crippen molar-refractivity contribution in [2.45, 2.75) is 30.7 Å². The molecule has 0 spiro atoms. The van der Waals surface area contributed by atoms with Gasteiger partial charge in [0.25, 0.3) is 15.9 Å². The van der Waals surface area contributed by atoms with Crippen molar-refractivity contribution in [2.24, 2.45) is 0 Å². The van der Waals surface area contributed by atoms with E-state index in [1.54, 1.807) is 48.7 Å². The molecule has 12 nitrogen and oxygen atoms in total. The summed E-state index contributed by atoms with van der Waals surface area (Å²) < 4.78 is 48.5. The number of carbonyl (C=O) groups excluding carboxylic acids is 1. The molecule has 52 heavy (non-hydrogen) atoms. The molecule has 1 atom stereocenters. The van der Waals surface area contributed by atoms with Gasteiger partial charge >= 0.3 is 0 Å². The summed E-state index contributed by atoms with van der Waals surface area (Å²) in [6.45, 7) is 6.08. The molecule has 5 aromatic rings. The van der Waals surface area contributed by atoms with Crippen molar-refractivity contribution in [2.75, 3.05) is 56.2 Å². The zero-order chi connectivity index (χ0) is 36.6. The van der Waals surface area contributed by atoms with Gasteiger partial charge in [0, 0.05) is 66.5 Å². The van der Waals surface area contributed by atoms with Crippen molar-refractivity contribution in [3.05, 3.63) is 108 Å². The second kappa shape index (κ2) is 13.8. The van der Waals surface area contributed by atoms with Crippen LogP contribution in [0.2, 0.25) is 0 Å². The topological polar surface area (TPSA) is 138 Å². The fourth-order valence-electron chi connectivity index (χ4n) is 7.46. The number of sulfonamides is 1. The Kier molecular flexibility index (Phi) is 9.20. The Bertz CT molecular complexity index is 2340. The number of methoxy groups -OCH3 is 2. The smallest absolute Gasteiger partial charge is 0.273 e. The Morgan fingerprint density at radius 2 is 1.71 bits per heavy atom. The van der Waals surface area contributed by atoms with Gasteiger partial charge in [-0.3, -0.25) is 19.7 Å². The molecule has 13 heteroatoms. The van der Waals surface area contributed by atoms with E-state index in [1.165, 1.54) is 38.6 Å². The molecule has 7 rings (SSSR count). The number of nitrogens with zero attached hydrogens (tertiary/aromatic N) is 6. The summed E-state index contributed by atoms with van der Waals surface area (Å²) in [6.07, 6.45) is 3.93. The second-order valence-electron chi connectivity index (χ2n) is 12.6. The highest BCUT2D eigenvalue weighted by atomic mass is 32.2. The zero-order valence-electron chi connectivity index (χ0n) is 29.4. The molecule has 1 amide bonds. The molecule has 0 saturated carbocycles. The maximum atomic E-state index is 15.8. The van der Waals surface area contributed by atoms with Crippen molar-refractivity contribution < 1.29 is 27.4 Å². The summed E-state index contributed by atoms with van der Waals surface area (Å²) in [6, 6.07) is 22.5. The largest absolute Gasteiger partial charge is 0.497 e. The van der Waals surface area contributed by atoms with Gasteiger partial charge in [-0.1, -0.05) is 0 Å². The summed E-state index contributed by atoms with van der Waals surface area (Å²) >= 11 is 0. The molecule has 266 valence electrons. The number of rotatable bonds is 9. The standard InChI is InChI=1S/C39H38N6O6S/c1-5-51-35-12-10-29(49-3)24-32(35)39(44-19-7-18-43(20-21-44)28-15-17-41-26(2)22-28)31-23-27(25-40)9-11-33(31)45(38(39)46)52(47,48)36-14-13-34(50-4)30-8-6-16-42-37(30)36/h6,8-17,22-24H,5,7,18-21H2,1-4H3. The number of benzene rings is 3. The molecule has 0 aliphatic carbocycles. The lowest BCUT2D eigenvalue weighted by molar-refractivity contribution is -0.126. The van der Waals surface area contributed by atoms with E-state index in [9.17, 15) is 5.26 Å². The van der Waals surface area contributed by atoms with Crippen LogP contribution in [0.4, 0.5) is 11.4 Å². The molecule has 1 saturated heterocycles. The molecule has 0 bridgehead atoms. The van der Waals surface area contributed by atoms with Crippen LogP contribution in [-0.2, 0) is 20.4 Å². The Labute approximate surface area is 302 Å². The minimum absolute atomic E-state index is 0.139. The molecule has 0 radical (unpaired) electrons. The Morgan fingerprint density at radius 1 is 0.885 bits per heavy atom. The number of hydrogen-bond acceptors (Lipinski definition) is 11. The maximum absolute atomic E-state index is 15.8. The summed E-state index contributed by atoms with van der Waals surface area (Å²) in [5, 5.41) is 10.6. The van der Waals surface area contributed by atoms with Gasteiger partial charge in [-0.25, -0.2) is 12.7 Å². The molecule has 3 aromatic carbocycles. The average molecular weight is 719 g/mol. The third kappa shape index (κ3) is 5.55. The van der Waals surface area contributed by atoms with Gasteiger partial charge in [-0.2, -0.15) is 5.26 Å². The van der Waals surface area contributed by atoms with Gasteiger partial charge in [0.05, 0.1) is 43.7 Å². The molecule has 2 aliphatic heterocycles. The van der Waals surface area contributed by atoms with E-state index in [-0.39, 0.29) is 28.3 Å². The van der Waals surface area contributed by atoms with E-state index < -0.39 is 21.5 Å². The number of anilines is 2. The molecular weight excluding hydrogens is 681 g/mol. The molecule has 1 fully saturated rings. The van der Waals surface area contributed by atoms with Crippen LogP contribution in [0.25, 0.3) is 10.9 Å². The van der Waals surface area contributed by atoms with Crippen molar-refractivity contribution >= 4 is 38.2 Å². The molecule has 1 unspecified atom stereocenters. The average Bonchev–Trinajstić information content (AvgIpc) is 3.26. The number of amides is 1. The number of aryl methyl sites for hydroxylation is 1. The summed E-state index contributed by atoms with van der Waals surface area (Å²) in [5.74, 6) is 0.574. The first-order valence-corrected chi connectivity index (χ1v) is 18.4. The molecule has 2 aliphatic rings. The van der Waals surface area contributed by atoms with Crippen molar-refractivity contribution in [1.82, 2.24) is 14.9 Å². The third-order valence-corrected chi connectivity index (χ3v) is 11.5. The SMILES string of the molecule is CCOc1ccc(OC)cc1C1(N2CCCN(c3ccnc(C)c3)CC2)C(=O)N(S(=O)(=O)c2ccc(OC)c3cccnc23)c2ccc(C#N)cc21. The summed E-state index contributed by atoms with van der Waals surface area (Å²) in [4.78, 5) is 28.7. The van der Waals surface area contributed by atoms with Gasteiger partial charge in [0.2, 0.25) is 0 Å². The number of hydrogen-bond donors (Lipinski definition) is 0. The van der Waals surface area contributed by atoms with Crippen LogP contribution in [0.3, 0.4) is 0 Å². The Hall–Kier alpha value is -5.71. The number of nitriles is 1. The number of aromatic nitrogens is 2. The minimum atomic E-state index is -4.63. The lowest BCUT2D eigenvalue weighted by atomic mass is 9.80. The van der Waals surface area contributed by atoms with Gasteiger partial charge in [-0.05, 0) is 93.1 Å². The number of carbonyl (C=O) groups is 1. The zero-order valence-corrected chi connectivity index (χ0v) is 30.2. The quantitative estimate of drug-likeness (QED) is 0.193. The van der Waals surface area contributed by atoms with Crippen LogP contribution >= 0.6 is 0 Å². The van der Waals surface area contributed by atoms with Crippen molar-refractivity contribution in [3.63, 3.8) is 0 Å². The van der Waals surface area contributed by atoms with Crippen LogP contribution in [0, 0.1) is 18.3 Å².